The summed E-state index contributed by atoms with van der Waals surface area (Å²) in [5, 5.41) is 0.290. The van der Waals surface area contributed by atoms with Gasteiger partial charge in [0.05, 0.1) is 0 Å². The highest BCUT2D eigenvalue weighted by molar-refractivity contribution is 8.13. The van der Waals surface area contributed by atoms with E-state index in [9.17, 15) is 4.79 Å². The van der Waals surface area contributed by atoms with Gasteiger partial charge < -0.3 is 10.6 Å². The van der Waals surface area contributed by atoms with Crippen LogP contribution in [0.3, 0.4) is 0 Å². The van der Waals surface area contributed by atoms with E-state index in [4.69, 9.17) is 5.73 Å². The van der Waals surface area contributed by atoms with Crippen molar-refractivity contribution in [1.82, 2.24) is 4.90 Å². The second-order valence-corrected chi connectivity index (χ2v) is 2.66. The molecule has 0 saturated carbocycles. The minimum Gasteiger partial charge on any atom is -0.378 e. The molecule has 0 fully saturated rings. The third-order valence-electron chi connectivity index (χ3n) is 0.798. The van der Waals surface area contributed by atoms with E-state index in [0.29, 0.717) is 5.17 Å². The van der Waals surface area contributed by atoms with E-state index in [1.54, 1.807) is 20.4 Å². The maximum atomic E-state index is 10.8. The molecule has 58 valence electrons. The third kappa shape index (κ3) is 3.34. The molecule has 0 aliphatic heterocycles. The molecule has 0 aromatic carbocycles. The minimum atomic E-state index is -0.327. The summed E-state index contributed by atoms with van der Waals surface area (Å²) >= 11 is 1.25. The van der Waals surface area contributed by atoms with Crippen LogP contribution in [0.5, 0.6) is 0 Å². The van der Waals surface area contributed by atoms with Crippen molar-refractivity contribution in [3.05, 3.63) is 0 Å². The fourth-order valence-corrected chi connectivity index (χ4v) is 0.409. The summed E-state index contributed by atoms with van der Waals surface area (Å²) < 4.78 is 0. The van der Waals surface area contributed by atoms with Crippen LogP contribution in [0.2, 0.25) is 0 Å². The molecular weight excluding hydrogens is 150 g/mol. The van der Waals surface area contributed by atoms with E-state index in [2.05, 4.69) is 4.99 Å². The zero-order chi connectivity index (χ0) is 8.15. The van der Waals surface area contributed by atoms with Gasteiger partial charge in [-0.05, 0) is 6.26 Å². The maximum Gasteiger partial charge on any atom is 0.345 e. The lowest BCUT2D eigenvalue weighted by atomic mass is 10.8. The zero-order valence-corrected chi connectivity index (χ0v) is 7.10. The monoisotopic (exact) mass is 161 g/mol. The van der Waals surface area contributed by atoms with Crippen LogP contribution < -0.4 is 5.73 Å². The minimum absolute atomic E-state index is 0.290. The first-order valence-corrected chi connectivity index (χ1v) is 3.90. The quantitative estimate of drug-likeness (QED) is 0.412. The molecule has 0 saturated heterocycles. The van der Waals surface area contributed by atoms with Gasteiger partial charge in [-0.1, -0.05) is 11.8 Å². The number of nitrogens with two attached hydrogens (primary N) is 1. The lowest BCUT2D eigenvalue weighted by Gasteiger charge is -2.04. The fourth-order valence-electron chi connectivity index (χ4n) is 0.240. The Bertz CT molecular complexity index is 155. The normalized spacial score (nSPS) is 11.3. The van der Waals surface area contributed by atoms with Crippen molar-refractivity contribution in [2.45, 2.75) is 0 Å². The predicted octanol–water partition coefficient (Wildman–Crippen LogP) is 0.346. The first kappa shape index (κ1) is 9.29. The summed E-state index contributed by atoms with van der Waals surface area (Å²) in [6, 6.07) is -0.327. The standard InChI is InChI=1S/C5H11N3OS/c1-8(2)5(9)7-4(6)10-3/h1-3H3,(H2,6,7,9). The SMILES string of the molecule is CS/C(N)=N\C(=O)N(C)C. The van der Waals surface area contributed by atoms with Crippen molar-refractivity contribution < 1.29 is 4.79 Å². The zero-order valence-electron chi connectivity index (χ0n) is 6.29. The van der Waals surface area contributed by atoms with E-state index in [-0.39, 0.29) is 6.03 Å². The Morgan fingerprint density at radius 1 is 1.60 bits per heavy atom. The predicted molar refractivity (Wildman–Crippen MR) is 44.2 cm³/mol. The van der Waals surface area contributed by atoms with Crippen molar-refractivity contribution in [2.24, 2.45) is 10.7 Å². The molecule has 0 rings (SSSR count). The van der Waals surface area contributed by atoms with Crippen LogP contribution in [-0.2, 0) is 0 Å². The van der Waals surface area contributed by atoms with Crippen molar-refractivity contribution in [3.8, 4) is 0 Å². The molecule has 0 atom stereocenters. The number of hydrogen-bond donors (Lipinski definition) is 1. The number of thioether (sulfide) groups is 1. The molecule has 0 radical (unpaired) electrons. The number of hydrogen-bond acceptors (Lipinski definition) is 2. The molecule has 0 heterocycles. The van der Waals surface area contributed by atoms with Crippen LogP contribution in [-0.4, -0.2) is 36.4 Å². The van der Waals surface area contributed by atoms with Gasteiger partial charge in [0.2, 0.25) is 0 Å². The molecule has 2 amide bonds. The highest BCUT2D eigenvalue weighted by Gasteiger charge is 2.00. The molecule has 0 unspecified atom stereocenters. The number of carbonyl (C=O) groups is 1. The maximum absolute atomic E-state index is 10.8. The summed E-state index contributed by atoms with van der Waals surface area (Å²) in [7, 11) is 3.25. The van der Waals surface area contributed by atoms with Gasteiger partial charge in [0.15, 0.2) is 5.17 Å². The lowest BCUT2D eigenvalue weighted by Crippen LogP contribution is -2.20. The molecule has 10 heavy (non-hydrogen) atoms. The van der Waals surface area contributed by atoms with Gasteiger partial charge in [0, 0.05) is 14.1 Å². The smallest absolute Gasteiger partial charge is 0.345 e. The number of carbonyl (C=O) groups excluding carboxylic acids is 1. The Balaban J connectivity index is 4.00. The Labute approximate surface area is 64.5 Å². The van der Waals surface area contributed by atoms with Crippen LogP contribution in [0.15, 0.2) is 4.99 Å². The molecule has 2 N–H and O–H groups in total. The van der Waals surface area contributed by atoms with Crippen molar-refractivity contribution in [3.63, 3.8) is 0 Å². The second-order valence-electron chi connectivity index (χ2n) is 1.83. The van der Waals surface area contributed by atoms with Gasteiger partial charge in [-0.25, -0.2) is 4.79 Å². The number of amides is 2. The highest BCUT2D eigenvalue weighted by atomic mass is 32.2. The molecule has 0 aromatic heterocycles. The number of amidine groups is 1. The van der Waals surface area contributed by atoms with Gasteiger partial charge in [-0.2, -0.15) is 4.99 Å². The van der Waals surface area contributed by atoms with Gasteiger partial charge in [0.1, 0.15) is 0 Å². The van der Waals surface area contributed by atoms with E-state index in [1.807, 2.05) is 0 Å². The molecule has 0 aliphatic carbocycles. The molecule has 0 spiro atoms. The van der Waals surface area contributed by atoms with Crippen molar-refractivity contribution in [1.29, 1.82) is 0 Å². The Morgan fingerprint density at radius 3 is 2.40 bits per heavy atom. The van der Waals surface area contributed by atoms with Crippen molar-refractivity contribution >= 4 is 23.0 Å². The molecule has 0 aromatic rings. The van der Waals surface area contributed by atoms with Gasteiger partial charge >= 0.3 is 6.03 Å². The Kier molecular flexibility index (Phi) is 3.87. The van der Waals surface area contributed by atoms with Crippen LogP contribution in [0.4, 0.5) is 4.79 Å². The summed E-state index contributed by atoms with van der Waals surface area (Å²) in [5.41, 5.74) is 5.28. The topological polar surface area (TPSA) is 58.7 Å². The van der Waals surface area contributed by atoms with E-state index in [1.165, 1.54) is 16.7 Å². The average Bonchev–Trinajstić information content (AvgIpc) is 1.87. The Hall–Kier alpha value is -0.710. The van der Waals surface area contributed by atoms with Gasteiger partial charge in [-0.3, -0.25) is 0 Å². The van der Waals surface area contributed by atoms with E-state index < -0.39 is 0 Å². The van der Waals surface area contributed by atoms with Gasteiger partial charge in [-0.15, -0.1) is 0 Å². The van der Waals surface area contributed by atoms with Crippen LogP contribution in [0.25, 0.3) is 0 Å². The first-order valence-electron chi connectivity index (χ1n) is 2.67. The van der Waals surface area contributed by atoms with E-state index in [0.717, 1.165) is 0 Å². The van der Waals surface area contributed by atoms with Crippen LogP contribution in [0, 0.1) is 0 Å². The van der Waals surface area contributed by atoms with E-state index >= 15 is 0 Å². The highest BCUT2D eigenvalue weighted by Crippen LogP contribution is 1.93. The number of nitrogens with zero attached hydrogens (tertiary/aromatic N) is 2. The Morgan fingerprint density at radius 2 is 2.10 bits per heavy atom. The first-order chi connectivity index (χ1) is 4.57. The molecule has 4 nitrogen and oxygen atoms in total. The lowest BCUT2D eigenvalue weighted by molar-refractivity contribution is 0.227. The molecule has 0 aliphatic rings. The molecule has 0 bridgehead atoms. The van der Waals surface area contributed by atoms with Gasteiger partial charge in [0.25, 0.3) is 0 Å². The average molecular weight is 161 g/mol. The molecular formula is C5H11N3OS. The number of aliphatic imine (C=N–C) groups is 1. The summed E-state index contributed by atoms with van der Waals surface area (Å²) in [6.45, 7) is 0. The second kappa shape index (κ2) is 4.16. The van der Waals surface area contributed by atoms with Crippen LogP contribution >= 0.6 is 11.8 Å². The summed E-state index contributed by atoms with van der Waals surface area (Å²) in [4.78, 5) is 15.7. The number of urea groups is 1. The van der Waals surface area contributed by atoms with Crippen molar-refractivity contribution in [2.75, 3.05) is 20.4 Å². The molecule has 5 heteroatoms. The number of rotatable bonds is 0. The fraction of sp³-hybridized carbons (Fsp3) is 0.600. The third-order valence-corrected chi connectivity index (χ3v) is 1.31. The van der Waals surface area contributed by atoms with Crippen LogP contribution in [0.1, 0.15) is 0 Å². The summed E-state index contributed by atoms with van der Waals surface area (Å²) in [5.74, 6) is 0. The largest absolute Gasteiger partial charge is 0.378 e. The summed E-state index contributed by atoms with van der Waals surface area (Å²) in [6.07, 6.45) is 1.77.